The summed E-state index contributed by atoms with van der Waals surface area (Å²) < 4.78 is 5.31. The highest BCUT2D eigenvalue weighted by Crippen LogP contribution is 2.23. The maximum atomic E-state index is 11.9. The molecule has 120 valence electrons. The monoisotopic (exact) mass is 359 g/mol. The van der Waals surface area contributed by atoms with E-state index in [-0.39, 0.29) is 24.4 Å². The van der Waals surface area contributed by atoms with Gasteiger partial charge in [-0.3, -0.25) is 4.79 Å². The number of nitrogens with zero attached hydrogens (tertiary/aromatic N) is 1. The third-order valence-corrected chi connectivity index (χ3v) is 5.22. The molecule has 1 atom stereocenters. The lowest BCUT2D eigenvalue weighted by molar-refractivity contribution is -0.121. The van der Waals surface area contributed by atoms with Crippen LogP contribution in [-0.2, 0) is 11.3 Å². The molecule has 0 bridgehead atoms. The fourth-order valence-electron chi connectivity index (χ4n) is 2.14. The second-order valence-corrected chi connectivity index (χ2v) is 6.84. The van der Waals surface area contributed by atoms with Crippen molar-refractivity contribution in [3.8, 4) is 10.8 Å². The Morgan fingerprint density at radius 3 is 3.18 bits per heavy atom. The number of rotatable bonds is 5. The second-order valence-electron chi connectivity index (χ2n) is 4.83. The number of hydrogen-bond donors (Lipinski definition) is 2. The van der Waals surface area contributed by atoms with Gasteiger partial charge in [-0.25, -0.2) is 4.98 Å². The van der Waals surface area contributed by atoms with Crippen molar-refractivity contribution in [3.05, 3.63) is 29.5 Å². The van der Waals surface area contributed by atoms with Crippen molar-refractivity contribution in [3.63, 3.8) is 0 Å². The molecule has 0 aromatic carbocycles. The van der Waals surface area contributed by atoms with Crippen molar-refractivity contribution in [1.29, 1.82) is 0 Å². The zero-order chi connectivity index (χ0) is 14.5. The zero-order valence-electron chi connectivity index (χ0n) is 11.9. The van der Waals surface area contributed by atoms with Crippen LogP contribution in [0.5, 0.6) is 0 Å². The average molecular weight is 360 g/mol. The highest BCUT2D eigenvalue weighted by atomic mass is 35.5. The van der Waals surface area contributed by atoms with Crippen LogP contribution in [0.15, 0.2) is 28.2 Å². The first-order valence-corrected chi connectivity index (χ1v) is 8.91. The molecule has 1 fully saturated rings. The summed E-state index contributed by atoms with van der Waals surface area (Å²) in [5.74, 6) is 2.97. The van der Waals surface area contributed by atoms with Gasteiger partial charge in [-0.15, -0.1) is 23.7 Å². The van der Waals surface area contributed by atoms with Crippen LogP contribution in [0.1, 0.15) is 12.1 Å². The van der Waals surface area contributed by atoms with Crippen LogP contribution < -0.4 is 10.6 Å². The molecule has 1 unspecified atom stereocenters. The summed E-state index contributed by atoms with van der Waals surface area (Å²) in [6.07, 6.45) is 2.16. The van der Waals surface area contributed by atoms with E-state index in [0.29, 0.717) is 13.0 Å². The number of thiazole rings is 1. The molecule has 0 radical (unpaired) electrons. The Bertz CT molecular complexity index is 583. The number of carbonyl (C=O) groups is 1. The van der Waals surface area contributed by atoms with Crippen LogP contribution in [0, 0.1) is 0 Å². The van der Waals surface area contributed by atoms with E-state index in [1.165, 1.54) is 11.3 Å². The molecule has 2 N–H and O–H groups in total. The number of halogens is 1. The van der Waals surface area contributed by atoms with Crippen LogP contribution >= 0.6 is 35.5 Å². The highest BCUT2D eigenvalue weighted by molar-refractivity contribution is 7.99. The van der Waals surface area contributed by atoms with Crippen molar-refractivity contribution >= 4 is 41.4 Å². The molecule has 0 saturated carbocycles. The summed E-state index contributed by atoms with van der Waals surface area (Å²) in [6.45, 7) is 1.46. The second kappa shape index (κ2) is 8.57. The fourth-order valence-corrected chi connectivity index (χ4v) is 3.87. The quantitative estimate of drug-likeness (QED) is 0.858. The SMILES string of the molecule is Cl.O=C(CC1CSCCN1)NCc1csc(-c2ccco2)n1. The van der Waals surface area contributed by atoms with E-state index in [0.717, 1.165) is 34.5 Å². The molecule has 1 aliphatic rings. The standard InChI is InChI=1S/C14H17N3O2S2.ClH/c18-13(6-10-8-20-5-3-15-10)16-7-11-9-21-14(17-11)12-2-1-4-19-12;/h1-2,4,9-10,15H,3,5-8H2,(H,16,18);1H. The van der Waals surface area contributed by atoms with Gasteiger partial charge in [-0.05, 0) is 12.1 Å². The van der Waals surface area contributed by atoms with E-state index < -0.39 is 0 Å². The molecule has 0 aliphatic carbocycles. The molecular weight excluding hydrogens is 342 g/mol. The molecule has 8 heteroatoms. The van der Waals surface area contributed by atoms with Gasteiger partial charge in [0.05, 0.1) is 18.5 Å². The number of hydrogen-bond acceptors (Lipinski definition) is 6. The first kappa shape index (κ1) is 17.3. The minimum Gasteiger partial charge on any atom is -0.462 e. The van der Waals surface area contributed by atoms with Gasteiger partial charge in [0.15, 0.2) is 10.8 Å². The molecular formula is C14H18ClN3O2S2. The van der Waals surface area contributed by atoms with Gasteiger partial charge in [-0.1, -0.05) is 0 Å². The summed E-state index contributed by atoms with van der Waals surface area (Å²) in [5, 5.41) is 9.09. The Labute approximate surface area is 143 Å². The number of furan rings is 1. The average Bonchev–Trinajstić information content (AvgIpc) is 3.17. The molecule has 1 saturated heterocycles. The van der Waals surface area contributed by atoms with Gasteiger partial charge in [0.1, 0.15) is 0 Å². The van der Waals surface area contributed by atoms with Crippen LogP contribution in [-0.4, -0.2) is 35.0 Å². The Morgan fingerprint density at radius 1 is 1.55 bits per heavy atom. The van der Waals surface area contributed by atoms with Crippen LogP contribution in [0.4, 0.5) is 0 Å². The van der Waals surface area contributed by atoms with Crippen molar-refractivity contribution in [2.45, 2.75) is 19.0 Å². The smallest absolute Gasteiger partial charge is 0.221 e. The normalized spacial score (nSPS) is 17.7. The number of aromatic nitrogens is 1. The summed E-state index contributed by atoms with van der Waals surface area (Å²) >= 11 is 3.42. The number of amides is 1. The van der Waals surface area contributed by atoms with E-state index in [2.05, 4.69) is 15.6 Å². The Kier molecular flexibility index (Phi) is 6.75. The third kappa shape index (κ3) is 4.74. The fraction of sp³-hybridized carbons (Fsp3) is 0.429. The first-order valence-electron chi connectivity index (χ1n) is 6.87. The summed E-state index contributed by atoms with van der Waals surface area (Å²) in [4.78, 5) is 16.4. The minimum atomic E-state index is 0. The molecule has 3 rings (SSSR count). The van der Waals surface area contributed by atoms with Gasteiger partial charge < -0.3 is 15.1 Å². The zero-order valence-corrected chi connectivity index (χ0v) is 14.4. The van der Waals surface area contributed by atoms with Crippen molar-refractivity contribution < 1.29 is 9.21 Å². The van der Waals surface area contributed by atoms with E-state index in [1.54, 1.807) is 6.26 Å². The Morgan fingerprint density at radius 2 is 2.45 bits per heavy atom. The minimum absolute atomic E-state index is 0. The van der Waals surface area contributed by atoms with Crippen molar-refractivity contribution in [1.82, 2.24) is 15.6 Å². The lowest BCUT2D eigenvalue weighted by Crippen LogP contribution is -2.41. The maximum absolute atomic E-state index is 11.9. The lowest BCUT2D eigenvalue weighted by Gasteiger charge is -2.22. The van der Waals surface area contributed by atoms with Crippen molar-refractivity contribution in [2.24, 2.45) is 0 Å². The van der Waals surface area contributed by atoms with Crippen LogP contribution in [0.3, 0.4) is 0 Å². The number of carbonyl (C=O) groups excluding carboxylic acids is 1. The highest BCUT2D eigenvalue weighted by Gasteiger charge is 2.16. The predicted octanol–water partition coefficient (Wildman–Crippen LogP) is 2.54. The lowest BCUT2D eigenvalue weighted by atomic mass is 10.2. The van der Waals surface area contributed by atoms with Crippen molar-refractivity contribution in [2.75, 3.05) is 18.1 Å². The maximum Gasteiger partial charge on any atom is 0.221 e. The molecule has 2 aromatic heterocycles. The van der Waals surface area contributed by atoms with Crippen LogP contribution in [0.25, 0.3) is 10.8 Å². The van der Waals surface area contributed by atoms with Gasteiger partial charge in [0.2, 0.25) is 5.91 Å². The van der Waals surface area contributed by atoms with E-state index in [4.69, 9.17) is 4.42 Å². The van der Waals surface area contributed by atoms with Gasteiger partial charge in [-0.2, -0.15) is 11.8 Å². The molecule has 1 amide bonds. The van der Waals surface area contributed by atoms with E-state index in [9.17, 15) is 4.79 Å². The Hall–Kier alpha value is -1.02. The first-order chi connectivity index (χ1) is 10.3. The molecule has 5 nitrogen and oxygen atoms in total. The number of nitrogens with one attached hydrogen (secondary N) is 2. The number of thioether (sulfide) groups is 1. The van der Waals surface area contributed by atoms with Gasteiger partial charge in [0, 0.05) is 35.9 Å². The topological polar surface area (TPSA) is 67.2 Å². The summed E-state index contributed by atoms with van der Waals surface area (Å²) in [7, 11) is 0. The van der Waals surface area contributed by atoms with Crippen LogP contribution in [0.2, 0.25) is 0 Å². The summed E-state index contributed by atoms with van der Waals surface area (Å²) in [6, 6.07) is 4.01. The largest absolute Gasteiger partial charge is 0.462 e. The van der Waals surface area contributed by atoms with E-state index >= 15 is 0 Å². The van der Waals surface area contributed by atoms with E-state index in [1.807, 2.05) is 29.3 Å². The predicted molar refractivity (Wildman–Crippen MR) is 92.6 cm³/mol. The Balaban J connectivity index is 0.00000176. The molecule has 0 spiro atoms. The molecule has 1 aliphatic heterocycles. The third-order valence-electron chi connectivity index (χ3n) is 3.18. The summed E-state index contributed by atoms with van der Waals surface area (Å²) in [5.41, 5.74) is 0.866. The van der Waals surface area contributed by atoms with Gasteiger partial charge in [0.25, 0.3) is 0 Å². The molecule has 22 heavy (non-hydrogen) atoms. The molecule has 2 aromatic rings. The molecule has 3 heterocycles. The van der Waals surface area contributed by atoms with Gasteiger partial charge >= 0.3 is 0 Å².